The number of hydrogen-bond donors (Lipinski definition) is 1. The van der Waals surface area contributed by atoms with Crippen LogP contribution >= 0.6 is 0 Å². The normalized spacial score (nSPS) is 29.3. The Balaban J connectivity index is 1.63. The standard InChI is InChI=1S/C18H25N3/c1-3-17-16-9-19-8-13(16)11-21(17)12-14-10-20(2)18-7-5-4-6-15(14)18/h4-7,10,13,16-17,19H,3,8-9,11-12H2,1-2H3. The van der Waals surface area contributed by atoms with E-state index >= 15 is 0 Å². The summed E-state index contributed by atoms with van der Waals surface area (Å²) in [7, 11) is 2.16. The molecule has 112 valence electrons. The molecule has 0 amide bonds. The SMILES string of the molecule is CCC1C2CNCC2CN1Cc1cn(C)c2ccccc12. The van der Waals surface area contributed by atoms with Crippen molar-refractivity contribution in [1.82, 2.24) is 14.8 Å². The Kier molecular flexibility index (Phi) is 3.27. The average molecular weight is 283 g/mol. The third-order valence-corrected chi connectivity index (χ3v) is 5.60. The second-order valence-electron chi connectivity index (χ2n) is 6.77. The first-order chi connectivity index (χ1) is 10.3. The van der Waals surface area contributed by atoms with Crippen LogP contribution in [0.15, 0.2) is 30.5 Å². The molecule has 3 unspecified atom stereocenters. The fraction of sp³-hybridized carbons (Fsp3) is 0.556. The maximum absolute atomic E-state index is 3.58. The van der Waals surface area contributed by atoms with Gasteiger partial charge in [0.2, 0.25) is 0 Å². The zero-order valence-corrected chi connectivity index (χ0v) is 13.0. The lowest BCUT2D eigenvalue weighted by atomic mass is 9.93. The average Bonchev–Trinajstić information content (AvgIpc) is 3.14. The Labute approximate surface area is 126 Å². The smallest absolute Gasteiger partial charge is 0.0481 e. The Morgan fingerprint density at radius 1 is 1.24 bits per heavy atom. The number of aromatic nitrogens is 1. The number of likely N-dealkylation sites (tertiary alicyclic amines) is 1. The number of nitrogens with zero attached hydrogens (tertiary/aromatic N) is 2. The molecule has 0 spiro atoms. The predicted octanol–water partition coefficient (Wildman–Crippen LogP) is 2.61. The van der Waals surface area contributed by atoms with Gasteiger partial charge in [0.05, 0.1) is 0 Å². The summed E-state index contributed by atoms with van der Waals surface area (Å²) in [5.74, 6) is 1.73. The molecule has 3 heterocycles. The molecule has 1 aromatic carbocycles. The van der Waals surface area contributed by atoms with Gasteiger partial charge in [0.1, 0.15) is 0 Å². The van der Waals surface area contributed by atoms with Gasteiger partial charge in [-0.05, 0) is 43.0 Å². The Bertz CT molecular complexity index is 645. The quantitative estimate of drug-likeness (QED) is 0.934. The van der Waals surface area contributed by atoms with Crippen molar-refractivity contribution in [3.8, 4) is 0 Å². The topological polar surface area (TPSA) is 20.2 Å². The lowest BCUT2D eigenvalue weighted by molar-refractivity contribution is 0.211. The summed E-state index contributed by atoms with van der Waals surface area (Å²) < 4.78 is 2.27. The number of rotatable bonds is 3. The summed E-state index contributed by atoms with van der Waals surface area (Å²) in [6.07, 6.45) is 3.59. The van der Waals surface area contributed by atoms with Crippen LogP contribution < -0.4 is 5.32 Å². The maximum atomic E-state index is 3.58. The molecule has 2 fully saturated rings. The molecule has 2 aliphatic heterocycles. The highest BCUT2D eigenvalue weighted by molar-refractivity contribution is 5.83. The van der Waals surface area contributed by atoms with Crippen LogP contribution in [0, 0.1) is 11.8 Å². The van der Waals surface area contributed by atoms with Crippen LogP contribution in [0.25, 0.3) is 10.9 Å². The fourth-order valence-corrected chi connectivity index (χ4v) is 4.62. The van der Waals surface area contributed by atoms with Gasteiger partial charge in [0, 0.05) is 43.3 Å². The molecule has 2 aromatic rings. The molecule has 0 saturated carbocycles. The number of para-hydroxylation sites is 1. The Morgan fingerprint density at radius 3 is 2.95 bits per heavy atom. The van der Waals surface area contributed by atoms with Crippen molar-refractivity contribution >= 4 is 10.9 Å². The van der Waals surface area contributed by atoms with Crippen molar-refractivity contribution in [3.63, 3.8) is 0 Å². The minimum Gasteiger partial charge on any atom is -0.350 e. The van der Waals surface area contributed by atoms with E-state index in [1.165, 1.54) is 42.5 Å². The van der Waals surface area contributed by atoms with Crippen molar-refractivity contribution in [2.45, 2.75) is 25.9 Å². The van der Waals surface area contributed by atoms with Gasteiger partial charge in [-0.2, -0.15) is 0 Å². The summed E-state index contributed by atoms with van der Waals surface area (Å²) in [5, 5.41) is 5.00. The van der Waals surface area contributed by atoms with Crippen LogP contribution in [0.3, 0.4) is 0 Å². The van der Waals surface area contributed by atoms with E-state index in [0.717, 1.165) is 24.4 Å². The highest BCUT2D eigenvalue weighted by Crippen LogP contribution is 2.36. The van der Waals surface area contributed by atoms with Crippen LogP contribution in [0.4, 0.5) is 0 Å². The highest BCUT2D eigenvalue weighted by Gasteiger charge is 2.42. The number of nitrogens with one attached hydrogen (secondary N) is 1. The molecule has 2 saturated heterocycles. The van der Waals surface area contributed by atoms with Gasteiger partial charge in [-0.25, -0.2) is 0 Å². The predicted molar refractivity (Wildman–Crippen MR) is 87.3 cm³/mol. The minimum absolute atomic E-state index is 0.754. The summed E-state index contributed by atoms with van der Waals surface area (Å²) in [6, 6.07) is 9.53. The first-order valence-corrected chi connectivity index (χ1v) is 8.25. The van der Waals surface area contributed by atoms with Crippen LogP contribution in [0.2, 0.25) is 0 Å². The van der Waals surface area contributed by atoms with Crippen LogP contribution in [-0.2, 0) is 13.6 Å². The number of aryl methyl sites for hydroxylation is 1. The zero-order chi connectivity index (χ0) is 14.4. The maximum Gasteiger partial charge on any atom is 0.0481 e. The summed E-state index contributed by atoms with van der Waals surface area (Å²) in [5.41, 5.74) is 2.83. The van der Waals surface area contributed by atoms with Gasteiger partial charge in [-0.15, -0.1) is 0 Å². The molecule has 3 atom stereocenters. The van der Waals surface area contributed by atoms with E-state index in [9.17, 15) is 0 Å². The van der Waals surface area contributed by atoms with Crippen molar-refractivity contribution in [3.05, 3.63) is 36.0 Å². The summed E-state index contributed by atoms with van der Waals surface area (Å²) in [4.78, 5) is 2.73. The molecule has 0 bridgehead atoms. The van der Waals surface area contributed by atoms with Gasteiger partial charge in [0.25, 0.3) is 0 Å². The minimum atomic E-state index is 0.754. The van der Waals surface area contributed by atoms with Gasteiger partial charge < -0.3 is 9.88 Å². The van der Waals surface area contributed by atoms with Crippen LogP contribution in [0.5, 0.6) is 0 Å². The molecular formula is C18H25N3. The Morgan fingerprint density at radius 2 is 2.10 bits per heavy atom. The molecule has 3 nitrogen and oxygen atoms in total. The third kappa shape index (κ3) is 2.11. The van der Waals surface area contributed by atoms with E-state index in [-0.39, 0.29) is 0 Å². The van der Waals surface area contributed by atoms with E-state index in [0.29, 0.717) is 0 Å². The molecule has 1 aromatic heterocycles. The van der Waals surface area contributed by atoms with E-state index < -0.39 is 0 Å². The molecular weight excluding hydrogens is 258 g/mol. The van der Waals surface area contributed by atoms with Gasteiger partial charge in [-0.1, -0.05) is 25.1 Å². The molecule has 1 N–H and O–H groups in total. The van der Waals surface area contributed by atoms with E-state index in [4.69, 9.17) is 0 Å². The largest absolute Gasteiger partial charge is 0.350 e. The molecule has 3 heteroatoms. The molecule has 21 heavy (non-hydrogen) atoms. The van der Waals surface area contributed by atoms with Crippen molar-refractivity contribution in [1.29, 1.82) is 0 Å². The first-order valence-electron chi connectivity index (χ1n) is 8.25. The van der Waals surface area contributed by atoms with E-state index in [2.05, 4.69) is 59.2 Å². The molecule has 0 radical (unpaired) electrons. The number of benzene rings is 1. The first kappa shape index (κ1) is 13.4. The Hall–Kier alpha value is -1.32. The van der Waals surface area contributed by atoms with Gasteiger partial charge in [0.15, 0.2) is 0 Å². The molecule has 0 aliphatic carbocycles. The van der Waals surface area contributed by atoms with E-state index in [1.54, 1.807) is 0 Å². The second kappa shape index (κ2) is 5.15. The summed E-state index contributed by atoms with van der Waals surface area (Å²) >= 11 is 0. The summed E-state index contributed by atoms with van der Waals surface area (Å²) in [6.45, 7) is 7.15. The van der Waals surface area contributed by atoms with Crippen molar-refractivity contribution < 1.29 is 0 Å². The third-order valence-electron chi connectivity index (χ3n) is 5.60. The number of fused-ring (bicyclic) bond motifs is 2. The molecule has 2 aliphatic rings. The zero-order valence-electron chi connectivity index (χ0n) is 13.0. The van der Waals surface area contributed by atoms with Crippen LogP contribution in [-0.4, -0.2) is 35.1 Å². The van der Waals surface area contributed by atoms with Gasteiger partial charge >= 0.3 is 0 Å². The lowest BCUT2D eigenvalue weighted by Crippen LogP contribution is -2.34. The number of hydrogen-bond acceptors (Lipinski definition) is 2. The van der Waals surface area contributed by atoms with Crippen LogP contribution in [0.1, 0.15) is 18.9 Å². The second-order valence-corrected chi connectivity index (χ2v) is 6.77. The van der Waals surface area contributed by atoms with Crippen molar-refractivity contribution in [2.75, 3.05) is 19.6 Å². The highest BCUT2D eigenvalue weighted by atomic mass is 15.2. The fourth-order valence-electron chi connectivity index (χ4n) is 4.62. The lowest BCUT2D eigenvalue weighted by Gasteiger charge is -2.26. The molecule has 4 rings (SSSR count). The monoisotopic (exact) mass is 283 g/mol. The van der Waals surface area contributed by atoms with Crippen molar-refractivity contribution in [2.24, 2.45) is 18.9 Å². The van der Waals surface area contributed by atoms with E-state index in [1.807, 2.05) is 0 Å². The van der Waals surface area contributed by atoms with Gasteiger partial charge in [-0.3, -0.25) is 4.90 Å².